The van der Waals surface area contributed by atoms with Crippen molar-refractivity contribution in [3.8, 4) is 0 Å². The van der Waals surface area contributed by atoms with E-state index in [9.17, 15) is 9.59 Å². The summed E-state index contributed by atoms with van der Waals surface area (Å²) in [6, 6.07) is 5.66. The summed E-state index contributed by atoms with van der Waals surface area (Å²) in [7, 11) is 0. The van der Waals surface area contributed by atoms with Crippen molar-refractivity contribution in [2.75, 3.05) is 33.0 Å². The number of rotatable bonds is 21. The molecule has 1 aliphatic heterocycles. The van der Waals surface area contributed by atoms with Crippen molar-refractivity contribution >= 4 is 11.9 Å². The van der Waals surface area contributed by atoms with Crippen LogP contribution in [0.2, 0.25) is 0 Å². The normalized spacial score (nSPS) is 15.4. The third kappa shape index (κ3) is 10.6. The molecule has 2 heterocycles. The topological polar surface area (TPSA) is 78.0 Å². The maximum absolute atomic E-state index is 14.0. The molecular formula is C34H54N2O5. The van der Waals surface area contributed by atoms with Crippen molar-refractivity contribution in [2.45, 2.75) is 118 Å². The first-order valence-electron chi connectivity index (χ1n) is 16.1. The third-order valence-corrected chi connectivity index (χ3v) is 7.36. The molecule has 2 rings (SSSR count). The van der Waals surface area contributed by atoms with E-state index in [1.165, 1.54) is 0 Å². The molecule has 0 aromatic carbocycles. The van der Waals surface area contributed by atoms with E-state index in [4.69, 9.17) is 14.2 Å². The van der Waals surface area contributed by atoms with Crippen molar-refractivity contribution in [1.82, 2.24) is 9.88 Å². The summed E-state index contributed by atoms with van der Waals surface area (Å²) in [5.74, 6) is -1.40. The molecule has 0 spiro atoms. The lowest BCUT2D eigenvalue weighted by Crippen LogP contribution is -2.38. The minimum absolute atomic E-state index is 0.339. The van der Waals surface area contributed by atoms with Gasteiger partial charge in [0.1, 0.15) is 0 Å². The van der Waals surface area contributed by atoms with Crippen molar-refractivity contribution in [3.63, 3.8) is 0 Å². The van der Waals surface area contributed by atoms with Gasteiger partial charge in [0.2, 0.25) is 0 Å². The maximum Gasteiger partial charge on any atom is 0.336 e. The number of esters is 2. The first kappa shape index (κ1) is 34.5. The van der Waals surface area contributed by atoms with Crippen LogP contribution in [-0.4, -0.2) is 54.8 Å². The number of pyridine rings is 1. The van der Waals surface area contributed by atoms with E-state index >= 15 is 0 Å². The van der Waals surface area contributed by atoms with E-state index in [0.29, 0.717) is 56.2 Å². The molecule has 0 amide bonds. The van der Waals surface area contributed by atoms with E-state index in [1.807, 2.05) is 18.2 Å². The summed E-state index contributed by atoms with van der Waals surface area (Å²) < 4.78 is 17.8. The highest BCUT2D eigenvalue weighted by molar-refractivity contribution is 5.99. The quantitative estimate of drug-likeness (QED) is 0.110. The Morgan fingerprint density at radius 2 is 1.27 bits per heavy atom. The lowest BCUT2D eigenvalue weighted by Gasteiger charge is -2.40. The first-order valence-corrected chi connectivity index (χ1v) is 16.1. The summed E-state index contributed by atoms with van der Waals surface area (Å²) in [4.78, 5) is 34.9. The molecule has 1 atom stereocenters. The number of hydrogen-bond donors (Lipinski definition) is 0. The van der Waals surface area contributed by atoms with E-state index < -0.39 is 5.92 Å². The van der Waals surface area contributed by atoms with Crippen LogP contribution in [-0.2, 0) is 23.8 Å². The summed E-state index contributed by atoms with van der Waals surface area (Å²) in [6.07, 6.45) is 12.3. The Kier molecular flexibility index (Phi) is 17.1. The van der Waals surface area contributed by atoms with Gasteiger partial charge in [0.15, 0.2) is 0 Å². The van der Waals surface area contributed by atoms with Gasteiger partial charge in [-0.2, -0.15) is 0 Å². The molecule has 7 heteroatoms. The van der Waals surface area contributed by atoms with E-state index in [-0.39, 0.29) is 11.9 Å². The van der Waals surface area contributed by atoms with Crippen LogP contribution in [0.15, 0.2) is 46.9 Å². The van der Waals surface area contributed by atoms with Crippen LogP contribution in [0.4, 0.5) is 0 Å². The number of allylic oxidation sites excluding steroid dienone is 1. The lowest BCUT2D eigenvalue weighted by molar-refractivity contribution is -0.140. The largest absolute Gasteiger partial charge is 0.462 e. The van der Waals surface area contributed by atoms with Gasteiger partial charge in [-0.1, -0.05) is 72.8 Å². The Hall–Kier alpha value is -2.67. The molecule has 0 N–H and O–H groups in total. The molecular weight excluding hydrogens is 516 g/mol. The van der Waals surface area contributed by atoms with E-state index in [2.05, 4.69) is 44.5 Å². The van der Waals surface area contributed by atoms with Crippen molar-refractivity contribution in [1.29, 1.82) is 0 Å². The second kappa shape index (κ2) is 20.2. The second-order valence-electron chi connectivity index (χ2n) is 10.7. The Morgan fingerprint density at radius 3 is 1.80 bits per heavy atom. The fourth-order valence-electron chi connectivity index (χ4n) is 5.01. The van der Waals surface area contributed by atoms with Crippen LogP contribution in [0, 0.1) is 0 Å². The second-order valence-corrected chi connectivity index (χ2v) is 10.7. The van der Waals surface area contributed by atoms with Crippen molar-refractivity contribution < 1.29 is 23.8 Å². The average molecular weight is 571 g/mol. The van der Waals surface area contributed by atoms with Gasteiger partial charge in [-0.15, -0.1) is 0 Å². The fraction of sp³-hybridized carbons (Fsp3) is 0.676. The van der Waals surface area contributed by atoms with Gasteiger partial charge < -0.3 is 19.1 Å². The first-order chi connectivity index (χ1) is 20.0. The smallest absolute Gasteiger partial charge is 0.336 e. The summed E-state index contributed by atoms with van der Waals surface area (Å²) in [6.45, 7) is 13.2. The predicted molar refractivity (Wildman–Crippen MR) is 164 cm³/mol. The number of ether oxygens (including phenoxy) is 3. The number of carbonyl (C=O) groups is 2. The van der Waals surface area contributed by atoms with Crippen LogP contribution < -0.4 is 0 Å². The summed E-state index contributed by atoms with van der Waals surface area (Å²) >= 11 is 0. The Morgan fingerprint density at radius 1 is 0.707 bits per heavy atom. The van der Waals surface area contributed by atoms with Crippen LogP contribution in [0.5, 0.6) is 0 Å². The highest BCUT2D eigenvalue weighted by Crippen LogP contribution is 2.45. The molecule has 1 aliphatic rings. The molecule has 0 radical (unpaired) electrons. The summed E-state index contributed by atoms with van der Waals surface area (Å²) in [5, 5.41) is 0. The minimum Gasteiger partial charge on any atom is -0.462 e. The molecule has 41 heavy (non-hydrogen) atoms. The van der Waals surface area contributed by atoms with E-state index in [1.54, 1.807) is 6.20 Å². The molecule has 0 saturated carbocycles. The molecule has 0 aliphatic carbocycles. The zero-order chi connectivity index (χ0) is 29.9. The van der Waals surface area contributed by atoms with Crippen LogP contribution in [0.25, 0.3) is 0 Å². The third-order valence-electron chi connectivity index (χ3n) is 7.36. The SMILES string of the molecule is CCCCOCCC1=C(C(=O)OCCCC)C(c2ccccn2)C(C(=O)OCCCC)=C(CCCC)N1CCCC. The molecule has 1 aromatic rings. The van der Waals surface area contributed by atoms with Gasteiger partial charge in [-0.05, 0) is 50.7 Å². The number of aromatic nitrogens is 1. The molecule has 0 saturated heterocycles. The number of hydrogen-bond acceptors (Lipinski definition) is 7. The highest BCUT2D eigenvalue weighted by Gasteiger charge is 2.43. The fourth-order valence-corrected chi connectivity index (χ4v) is 5.01. The van der Waals surface area contributed by atoms with Gasteiger partial charge in [-0.3, -0.25) is 4.98 Å². The molecule has 230 valence electrons. The average Bonchev–Trinajstić information content (AvgIpc) is 2.99. The Balaban J connectivity index is 2.78. The molecule has 1 aromatic heterocycles. The lowest BCUT2D eigenvalue weighted by atomic mass is 9.80. The van der Waals surface area contributed by atoms with Crippen molar-refractivity contribution in [3.05, 3.63) is 52.6 Å². The van der Waals surface area contributed by atoms with Crippen LogP contribution in [0.3, 0.4) is 0 Å². The predicted octanol–water partition coefficient (Wildman–Crippen LogP) is 7.87. The zero-order valence-corrected chi connectivity index (χ0v) is 26.3. The van der Waals surface area contributed by atoms with Gasteiger partial charge in [0.25, 0.3) is 0 Å². The molecule has 0 fully saturated rings. The maximum atomic E-state index is 14.0. The highest BCUT2D eigenvalue weighted by atomic mass is 16.5. The number of carbonyl (C=O) groups excluding carboxylic acids is 2. The number of unbranched alkanes of at least 4 members (excludes halogenated alkanes) is 5. The van der Waals surface area contributed by atoms with E-state index in [0.717, 1.165) is 82.0 Å². The monoisotopic (exact) mass is 570 g/mol. The van der Waals surface area contributed by atoms with Gasteiger partial charge in [0, 0.05) is 37.2 Å². The van der Waals surface area contributed by atoms with Crippen LogP contribution >= 0.6 is 0 Å². The van der Waals surface area contributed by atoms with Gasteiger partial charge in [0.05, 0.1) is 42.6 Å². The Labute approximate surface area is 248 Å². The minimum atomic E-state index is -0.658. The molecule has 1 unspecified atom stereocenters. The van der Waals surface area contributed by atoms with Gasteiger partial charge in [-0.25, -0.2) is 9.59 Å². The number of nitrogens with zero attached hydrogens (tertiary/aromatic N) is 2. The Bertz CT molecular complexity index is 973. The molecule has 7 nitrogen and oxygen atoms in total. The van der Waals surface area contributed by atoms with Crippen molar-refractivity contribution in [2.24, 2.45) is 0 Å². The summed E-state index contributed by atoms with van der Waals surface area (Å²) in [5.41, 5.74) is 3.53. The zero-order valence-electron chi connectivity index (χ0n) is 26.3. The van der Waals surface area contributed by atoms with Crippen LogP contribution in [0.1, 0.15) is 123 Å². The van der Waals surface area contributed by atoms with Gasteiger partial charge >= 0.3 is 11.9 Å². The standard InChI is InChI=1S/C34H54N2O5/c1-6-11-19-28-31(33(37)40-24-14-9-4)30(27-18-16-17-21-35-27)32(34(38)41-25-15-10-5)29(36(28)22-12-7-2)20-26-39-23-13-8-3/h16-18,21,30H,6-15,19-20,22-26H2,1-5H3. The molecule has 0 bridgehead atoms.